The molecule has 1 N–H and O–H groups in total. The third-order valence-electron chi connectivity index (χ3n) is 4.74. The lowest BCUT2D eigenvalue weighted by Crippen LogP contribution is -2.36. The summed E-state index contributed by atoms with van der Waals surface area (Å²) in [6, 6.07) is 5.52. The van der Waals surface area contributed by atoms with E-state index in [9.17, 15) is 4.79 Å². The summed E-state index contributed by atoms with van der Waals surface area (Å²) < 4.78 is 5.96. The Morgan fingerprint density at radius 1 is 1.36 bits per heavy atom. The van der Waals surface area contributed by atoms with E-state index in [1.54, 1.807) is 13.2 Å². The second kappa shape index (κ2) is 11.4. The monoisotopic (exact) mass is 384 g/mol. The number of ether oxygens (including phenoxy) is 1. The number of pyridine rings is 1. The van der Waals surface area contributed by atoms with Crippen molar-refractivity contribution in [3.63, 3.8) is 0 Å². The second-order valence-electron chi connectivity index (χ2n) is 6.46. The average Bonchev–Trinajstić information content (AvgIpc) is 2.63. The summed E-state index contributed by atoms with van der Waals surface area (Å²) in [4.78, 5) is 17.6. The summed E-state index contributed by atoms with van der Waals surface area (Å²) in [5.74, 6) is -0.429. The van der Waals surface area contributed by atoms with Gasteiger partial charge in [0.2, 0.25) is 0 Å². The minimum absolute atomic E-state index is 0. The maximum absolute atomic E-state index is 12.9. The summed E-state index contributed by atoms with van der Waals surface area (Å²) in [5.41, 5.74) is 0.640. The van der Waals surface area contributed by atoms with E-state index in [4.69, 9.17) is 17.0 Å². The highest BCUT2D eigenvalue weighted by Gasteiger charge is 2.32. The van der Waals surface area contributed by atoms with Gasteiger partial charge in [0.05, 0.1) is 10.7 Å². The van der Waals surface area contributed by atoms with Crippen LogP contribution in [0.2, 0.25) is 0 Å². The zero-order valence-corrected chi connectivity index (χ0v) is 16.7. The molecule has 0 amide bonds. The van der Waals surface area contributed by atoms with Crippen molar-refractivity contribution in [1.29, 1.82) is 0 Å². The number of hydrogen-bond acceptors (Lipinski definition) is 4. The Morgan fingerprint density at radius 3 is 2.64 bits per heavy atom. The van der Waals surface area contributed by atoms with Crippen LogP contribution in [0.1, 0.15) is 63.5 Å². The molecule has 1 fully saturated rings. The number of rotatable bonds is 7. The molecule has 0 aromatic carbocycles. The highest BCUT2D eigenvalue weighted by atomic mass is 35.5. The van der Waals surface area contributed by atoms with Crippen LogP contribution in [0, 0.1) is 5.92 Å². The van der Waals surface area contributed by atoms with Gasteiger partial charge in [0.25, 0.3) is 0 Å². The normalized spacial score (nSPS) is 17.0. The minimum atomic E-state index is -0.630. The molecule has 1 heterocycles. The lowest BCUT2D eigenvalue weighted by atomic mass is 9.83. The Morgan fingerprint density at radius 2 is 2.08 bits per heavy atom. The Labute approximate surface area is 162 Å². The van der Waals surface area contributed by atoms with Gasteiger partial charge in [0.1, 0.15) is 12.0 Å². The summed E-state index contributed by atoms with van der Waals surface area (Å²) in [6.45, 7) is 2.14. The zero-order valence-electron chi connectivity index (χ0n) is 15.1. The molecule has 2 rings (SSSR count). The van der Waals surface area contributed by atoms with E-state index in [-0.39, 0.29) is 24.5 Å². The number of carbonyl (C=O) groups excluding carboxylic acids is 1. The average molecular weight is 385 g/mol. The van der Waals surface area contributed by atoms with E-state index < -0.39 is 5.92 Å². The van der Waals surface area contributed by atoms with Crippen molar-refractivity contribution in [3.8, 4) is 0 Å². The van der Waals surface area contributed by atoms with Gasteiger partial charge in [-0.3, -0.25) is 9.78 Å². The van der Waals surface area contributed by atoms with Gasteiger partial charge in [-0.25, -0.2) is 0 Å². The number of aromatic nitrogens is 1. The smallest absolute Gasteiger partial charge is 0.322 e. The predicted molar refractivity (Wildman–Crippen MR) is 107 cm³/mol. The second-order valence-corrected chi connectivity index (χ2v) is 6.90. The molecule has 140 valence electrons. The fourth-order valence-electron chi connectivity index (χ4n) is 3.45. The summed E-state index contributed by atoms with van der Waals surface area (Å²) in [5, 5.41) is 2.92. The van der Waals surface area contributed by atoms with Gasteiger partial charge < -0.3 is 10.1 Å². The number of nitrogens with one attached hydrogen (secondary N) is 1. The number of carbonyl (C=O) groups is 1. The molecule has 1 aliphatic rings. The largest absolute Gasteiger partial charge is 0.461 e. The van der Waals surface area contributed by atoms with Crippen LogP contribution < -0.4 is 5.32 Å². The maximum atomic E-state index is 12.9. The lowest BCUT2D eigenvalue weighted by Gasteiger charge is -2.31. The molecule has 1 saturated carbocycles. The van der Waals surface area contributed by atoms with Gasteiger partial charge in [0.15, 0.2) is 0 Å². The van der Waals surface area contributed by atoms with Crippen LogP contribution in [-0.2, 0) is 9.53 Å². The molecule has 0 radical (unpaired) electrons. The van der Waals surface area contributed by atoms with Crippen molar-refractivity contribution in [1.82, 2.24) is 10.3 Å². The number of esters is 1. The van der Waals surface area contributed by atoms with Crippen LogP contribution in [0.4, 0.5) is 0 Å². The van der Waals surface area contributed by atoms with Crippen molar-refractivity contribution in [2.45, 2.75) is 63.9 Å². The van der Waals surface area contributed by atoms with Crippen molar-refractivity contribution in [2.24, 2.45) is 5.92 Å². The number of nitrogens with zero attached hydrogens (tertiary/aromatic N) is 1. The summed E-state index contributed by atoms with van der Waals surface area (Å²) in [7, 11) is 1.73. The van der Waals surface area contributed by atoms with Crippen LogP contribution in [0.25, 0.3) is 0 Å². The molecular weight excluding hydrogens is 356 g/mol. The molecular formula is C19H29ClN2O2S. The van der Waals surface area contributed by atoms with Crippen molar-refractivity contribution in [3.05, 3.63) is 30.1 Å². The lowest BCUT2D eigenvalue weighted by molar-refractivity contribution is -0.153. The zero-order chi connectivity index (χ0) is 17.4. The maximum Gasteiger partial charge on any atom is 0.322 e. The van der Waals surface area contributed by atoms with Gasteiger partial charge in [0, 0.05) is 13.2 Å². The standard InChI is InChI=1S/C19H28N2O2S.ClH/c1-3-9-16(14-10-5-4-6-11-14)23-19(22)17(18(24)20-2)15-12-7-8-13-21-15;/h7-8,12-14,16-17H,3-6,9-11H2,1-2H3,(H,20,24);1H. The quantitative estimate of drug-likeness (QED) is 0.556. The van der Waals surface area contributed by atoms with Gasteiger partial charge in [-0.1, -0.05) is 50.9 Å². The number of thiocarbonyl (C=S) groups is 1. The van der Waals surface area contributed by atoms with E-state index in [0.717, 1.165) is 25.7 Å². The molecule has 2 unspecified atom stereocenters. The van der Waals surface area contributed by atoms with Gasteiger partial charge in [-0.05, 0) is 37.3 Å². The molecule has 0 aliphatic heterocycles. The fourth-order valence-corrected chi connectivity index (χ4v) is 3.67. The Hall–Kier alpha value is -1.20. The molecule has 6 heteroatoms. The SMILES string of the molecule is CCCC(OC(=O)C(C(=S)NC)c1ccccn1)C1CCCCC1.Cl. The number of hydrogen-bond donors (Lipinski definition) is 1. The van der Waals surface area contributed by atoms with Gasteiger partial charge >= 0.3 is 5.97 Å². The minimum Gasteiger partial charge on any atom is -0.461 e. The third-order valence-corrected chi connectivity index (χ3v) is 5.18. The molecule has 1 aromatic rings. The Balaban J connectivity index is 0.00000312. The summed E-state index contributed by atoms with van der Waals surface area (Å²) in [6.07, 6.45) is 9.68. The molecule has 1 aromatic heterocycles. The van der Waals surface area contributed by atoms with E-state index in [0.29, 0.717) is 16.6 Å². The third kappa shape index (κ3) is 6.23. The Bertz CT molecular complexity index is 535. The first-order valence-corrected chi connectivity index (χ1v) is 9.41. The van der Waals surface area contributed by atoms with Crippen molar-refractivity contribution in [2.75, 3.05) is 7.05 Å². The topological polar surface area (TPSA) is 51.2 Å². The fraction of sp³-hybridized carbons (Fsp3) is 0.632. The highest BCUT2D eigenvalue weighted by Crippen LogP contribution is 2.31. The number of likely N-dealkylation sites (N-methyl/N-ethyl adjacent to an activating group) is 1. The Kier molecular flexibility index (Phi) is 9.98. The van der Waals surface area contributed by atoms with Crippen LogP contribution in [0.15, 0.2) is 24.4 Å². The first-order valence-electron chi connectivity index (χ1n) is 9.00. The molecule has 0 spiro atoms. The first-order chi connectivity index (χ1) is 11.7. The molecule has 2 atom stereocenters. The van der Waals surface area contributed by atoms with E-state index in [2.05, 4.69) is 17.2 Å². The van der Waals surface area contributed by atoms with Crippen LogP contribution >= 0.6 is 24.6 Å². The molecule has 25 heavy (non-hydrogen) atoms. The van der Waals surface area contributed by atoms with Crippen molar-refractivity contribution >= 4 is 35.6 Å². The van der Waals surface area contributed by atoms with Gasteiger partial charge in [-0.2, -0.15) is 0 Å². The van der Waals surface area contributed by atoms with E-state index in [1.165, 1.54) is 19.3 Å². The molecule has 0 saturated heterocycles. The predicted octanol–water partition coefficient (Wildman–Crippen LogP) is 4.43. The highest BCUT2D eigenvalue weighted by molar-refractivity contribution is 7.80. The van der Waals surface area contributed by atoms with E-state index in [1.807, 2.05) is 18.2 Å². The van der Waals surface area contributed by atoms with Crippen LogP contribution in [0.3, 0.4) is 0 Å². The molecule has 1 aliphatic carbocycles. The number of halogens is 1. The first kappa shape index (κ1) is 21.8. The van der Waals surface area contributed by atoms with Crippen LogP contribution in [-0.4, -0.2) is 29.1 Å². The molecule has 0 bridgehead atoms. The van der Waals surface area contributed by atoms with E-state index >= 15 is 0 Å². The van der Waals surface area contributed by atoms with Crippen LogP contribution in [0.5, 0.6) is 0 Å². The molecule has 4 nitrogen and oxygen atoms in total. The summed E-state index contributed by atoms with van der Waals surface area (Å²) >= 11 is 5.36. The van der Waals surface area contributed by atoms with Crippen molar-refractivity contribution < 1.29 is 9.53 Å². The van der Waals surface area contributed by atoms with Gasteiger partial charge in [-0.15, -0.1) is 12.4 Å².